The third-order valence-electron chi connectivity index (χ3n) is 13.5. The zero-order valence-electron chi connectivity index (χ0n) is 43.7. The molecule has 0 bridgehead atoms. The molecule has 0 heterocycles. The second-order valence-corrected chi connectivity index (χ2v) is 20.0. The standard InChI is InChI=1S/C59H113NO5/c1-3-5-7-9-11-13-15-17-19-21-23-25-27-29-31-35-39-43-47-51-57(62)56(55-61)60-58(63)52-48-44-40-36-33-34-38-42-46-50-54-65-59(64)53-49-45-41-37-32-30-28-26-24-22-20-18-16-14-12-10-8-6-4-2/h18,20,34,38,56-57,61-62H,3-17,19,21-33,35-37,39-55H2,1-2H3,(H,60,63)/b20-18-,38-34-. The van der Waals surface area contributed by atoms with Crippen molar-refractivity contribution in [1.82, 2.24) is 5.32 Å². The van der Waals surface area contributed by atoms with Crippen LogP contribution in [0.15, 0.2) is 24.3 Å². The van der Waals surface area contributed by atoms with Crippen molar-refractivity contribution >= 4 is 11.9 Å². The Kier molecular flexibility index (Phi) is 53.5. The fraction of sp³-hybridized carbons (Fsp3) is 0.898. The average Bonchev–Trinajstić information content (AvgIpc) is 3.31. The van der Waals surface area contributed by atoms with Crippen molar-refractivity contribution in [3.05, 3.63) is 24.3 Å². The monoisotopic (exact) mass is 916 g/mol. The van der Waals surface area contributed by atoms with Gasteiger partial charge in [0.05, 0.1) is 25.4 Å². The first-order valence-corrected chi connectivity index (χ1v) is 29.1. The lowest BCUT2D eigenvalue weighted by molar-refractivity contribution is -0.143. The molecule has 0 saturated carbocycles. The summed E-state index contributed by atoms with van der Waals surface area (Å²) < 4.78 is 5.45. The SMILES string of the molecule is CCCCCCCC/C=C\CCCCCCCCCCCC(=O)OCCCC/C=C\CCCCCCC(=O)NC(CO)C(O)CCCCCCCCCCCCCCCCCCCCC. The quantitative estimate of drug-likeness (QED) is 0.0321. The van der Waals surface area contributed by atoms with Crippen LogP contribution >= 0.6 is 0 Å². The molecule has 65 heavy (non-hydrogen) atoms. The minimum Gasteiger partial charge on any atom is -0.466 e. The van der Waals surface area contributed by atoms with Gasteiger partial charge in [0.25, 0.3) is 0 Å². The van der Waals surface area contributed by atoms with Gasteiger partial charge in [0.2, 0.25) is 5.91 Å². The van der Waals surface area contributed by atoms with Crippen LogP contribution < -0.4 is 5.32 Å². The minimum atomic E-state index is -0.687. The maximum atomic E-state index is 12.5. The number of aliphatic hydroxyl groups excluding tert-OH is 2. The van der Waals surface area contributed by atoms with E-state index in [1.165, 1.54) is 205 Å². The number of esters is 1. The molecular formula is C59H113NO5. The Morgan fingerprint density at radius 3 is 1.09 bits per heavy atom. The van der Waals surface area contributed by atoms with E-state index in [0.717, 1.165) is 77.0 Å². The Labute approximate surface area is 405 Å². The van der Waals surface area contributed by atoms with Gasteiger partial charge in [-0.05, 0) is 77.0 Å². The molecular weight excluding hydrogens is 803 g/mol. The molecule has 0 aromatic heterocycles. The number of nitrogens with one attached hydrogen (secondary N) is 1. The van der Waals surface area contributed by atoms with Crippen LogP contribution in [-0.4, -0.2) is 47.4 Å². The molecule has 0 aromatic rings. The van der Waals surface area contributed by atoms with Crippen molar-refractivity contribution in [2.45, 2.75) is 328 Å². The summed E-state index contributed by atoms with van der Waals surface area (Å²) in [7, 11) is 0. The van der Waals surface area contributed by atoms with E-state index in [2.05, 4.69) is 43.5 Å². The van der Waals surface area contributed by atoms with Crippen molar-refractivity contribution < 1.29 is 24.5 Å². The van der Waals surface area contributed by atoms with Crippen LogP contribution in [0.4, 0.5) is 0 Å². The topological polar surface area (TPSA) is 95.9 Å². The van der Waals surface area contributed by atoms with Gasteiger partial charge in [-0.15, -0.1) is 0 Å². The van der Waals surface area contributed by atoms with Crippen molar-refractivity contribution in [2.24, 2.45) is 0 Å². The highest BCUT2D eigenvalue weighted by molar-refractivity contribution is 5.76. The molecule has 0 aromatic carbocycles. The van der Waals surface area contributed by atoms with Gasteiger partial charge in [0.1, 0.15) is 0 Å². The lowest BCUT2D eigenvalue weighted by Crippen LogP contribution is -2.45. The van der Waals surface area contributed by atoms with Gasteiger partial charge in [0, 0.05) is 12.8 Å². The van der Waals surface area contributed by atoms with E-state index in [9.17, 15) is 19.8 Å². The van der Waals surface area contributed by atoms with Gasteiger partial charge in [-0.3, -0.25) is 9.59 Å². The molecule has 0 saturated heterocycles. The highest BCUT2D eigenvalue weighted by Crippen LogP contribution is 2.17. The van der Waals surface area contributed by atoms with Gasteiger partial charge in [-0.2, -0.15) is 0 Å². The van der Waals surface area contributed by atoms with Crippen LogP contribution in [0.25, 0.3) is 0 Å². The molecule has 6 nitrogen and oxygen atoms in total. The summed E-state index contributed by atoms with van der Waals surface area (Å²) in [6.07, 6.45) is 66.0. The lowest BCUT2D eigenvalue weighted by Gasteiger charge is -2.22. The van der Waals surface area contributed by atoms with Crippen molar-refractivity contribution in [3.8, 4) is 0 Å². The van der Waals surface area contributed by atoms with Crippen LogP contribution in [0.1, 0.15) is 316 Å². The molecule has 0 fully saturated rings. The second kappa shape index (κ2) is 54.9. The average molecular weight is 917 g/mol. The summed E-state index contributed by atoms with van der Waals surface area (Å²) in [5, 5.41) is 23.3. The van der Waals surface area contributed by atoms with Crippen molar-refractivity contribution in [3.63, 3.8) is 0 Å². The van der Waals surface area contributed by atoms with E-state index >= 15 is 0 Å². The van der Waals surface area contributed by atoms with E-state index in [1.807, 2.05) is 0 Å². The van der Waals surface area contributed by atoms with Crippen molar-refractivity contribution in [2.75, 3.05) is 13.2 Å². The molecule has 0 aliphatic heterocycles. The van der Waals surface area contributed by atoms with Gasteiger partial charge < -0.3 is 20.3 Å². The van der Waals surface area contributed by atoms with Crippen molar-refractivity contribution in [1.29, 1.82) is 0 Å². The summed E-state index contributed by atoms with van der Waals surface area (Å²) >= 11 is 0. The molecule has 0 aliphatic carbocycles. The zero-order chi connectivity index (χ0) is 47.2. The smallest absolute Gasteiger partial charge is 0.305 e. The van der Waals surface area contributed by atoms with E-state index in [1.54, 1.807) is 0 Å². The molecule has 384 valence electrons. The number of ether oxygens (including phenoxy) is 1. The molecule has 6 heteroatoms. The molecule has 0 spiro atoms. The van der Waals surface area contributed by atoms with Crippen LogP contribution in [0.2, 0.25) is 0 Å². The van der Waals surface area contributed by atoms with E-state index in [0.29, 0.717) is 25.9 Å². The summed E-state index contributed by atoms with van der Waals surface area (Å²) in [4.78, 5) is 24.6. The maximum absolute atomic E-state index is 12.5. The number of carbonyl (C=O) groups is 2. The molecule has 2 unspecified atom stereocenters. The Balaban J connectivity index is 3.50. The highest BCUT2D eigenvalue weighted by Gasteiger charge is 2.20. The van der Waals surface area contributed by atoms with Gasteiger partial charge in [-0.25, -0.2) is 0 Å². The number of aliphatic hydroxyl groups is 2. The molecule has 1 amide bonds. The third-order valence-corrected chi connectivity index (χ3v) is 13.5. The van der Waals surface area contributed by atoms with Crippen LogP contribution in [0, 0.1) is 0 Å². The first-order chi connectivity index (χ1) is 32.0. The second-order valence-electron chi connectivity index (χ2n) is 20.0. The van der Waals surface area contributed by atoms with E-state index in [4.69, 9.17) is 4.74 Å². The van der Waals surface area contributed by atoms with Gasteiger partial charge in [-0.1, -0.05) is 250 Å². The fourth-order valence-corrected chi connectivity index (χ4v) is 8.98. The van der Waals surface area contributed by atoms with Gasteiger partial charge in [0.15, 0.2) is 0 Å². The Morgan fingerprint density at radius 2 is 0.723 bits per heavy atom. The van der Waals surface area contributed by atoms with Gasteiger partial charge >= 0.3 is 5.97 Å². The number of hydrogen-bond donors (Lipinski definition) is 3. The largest absolute Gasteiger partial charge is 0.466 e. The predicted octanol–water partition coefficient (Wildman–Crippen LogP) is 17.9. The maximum Gasteiger partial charge on any atom is 0.305 e. The van der Waals surface area contributed by atoms with Crippen LogP contribution in [0.5, 0.6) is 0 Å². The fourth-order valence-electron chi connectivity index (χ4n) is 8.98. The Bertz CT molecular complexity index is 1010. The van der Waals surface area contributed by atoms with Crippen LogP contribution in [-0.2, 0) is 14.3 Å². The number of allylic oxidation sites excluding steroid dienone is 4. The highest BCUT2D eigenvalue weighted by atomic mass is 16.5. The summed E-state index contributed by atoms with van der Waals surface area (Å²) in [5.74, 6) is -0.104. The molecule has 2 atom stereocenters. The number of hydrogen-bond acceptors (Lipinski definition) is 5. The molecule has 3 N–H and O–H groups in total. The summed E-state index contributed by atoms with van der Waals surface area (Å²) in [6.45, 7) is 4.88. The molecule has 0 aliphatic rings. The first-order valence-electron chi connectivity index (χ1n) is 29.1. The summed E-state index contributed by atoms with van der Waals surface area (Å²) in [5.41, 5.74) is 0. The van der Waals surface area contributed by atoms with E-state index < -0.39 is 12.1 Å². The Hall–Kier alpha value is -1.66. The van der Waals surface area contributed by atoms with Crippen LogP contribution in [0.3, 0.4) is 0 Å². The summed E-state index contributed by atoms with van der Waals surface area (Å²) in [6, 6.07) is -0.567. The first kappa shape index (κ1) is 63.3. The normalized spacial score (nSPS) is 12.7. The molecule has 0 radical (unpaired) electrons. The lowest BCUT2D eigenvalue weighted by atomic mass is 10.0. The third kappa shape index (κ3) is 51.6. The number of amides is 1. The number of rotatable bonds is 54. The van der Waals surface area contributed by atoms with E-state index in [-0.39, 0.29) is 18.5 Å². The Morgan fingerprint density at radius 1 is 0.415 bits per heavy atom. The zero-order valence-corrected chi connectivity index (χ0v) is 43.7. The number of carbonyl (C=O) groups excluding carboxylic acids is 2. The molecule has 0 rings (SSSR count). The minimum absolute atomic E-state index is 0.0361. The number of unbranched alkanes of at least 4 members (excludes halogenated alkanes) is 39. The predicted molar refractivity (Wildman–Crippen MR) is 283 cm³/mol.